The third kappa shape index (κ3) is 52.1. The zero-order valence-electron chi connectivity index (χ0n) is 46.9. The molecule has 0 radical (unpaired) electrons. The van der Waals surface area contributed by atoms with Crippen molar-refractivity contribution in [1.29, 1.82) is 0 Å². The normalized spacial score (nSPS) is 14.3. The number of carbonyl (C=O) groups is 2. The molecule has 0 aliphatic carbocycles. The van der Waals surface area contributed by atoms with Crippen molar-refractivity contribution in [2.45, 2.75) is 264 Å². The number of allylic oxidation sites excluding steroid dienone is 11. The molecular formula is C61H111N2O7P. The SMILES string of the molecule is CCCCC/C=C\C/C=C\C/C=C\CCCCCCC(=O)OC(/C=C/CCCCCCCCCCCC)C(COP(=O)([O-])OCC[N+](C)(C)C)NC(=O)CCCCC/C=C/C=C/CCCCCCCCC. The van der Waals surface area contributed by atoms with Gasteiger partial charge in [-0.25, -0.2) is 0 Å². The Kier molecular flexibility index (Phi) is 49.1. The topological polar surface area (TPSA) is 114 Å². The second kappa shape index (κ2) is 51.0. The van der Waals surface area contributed by atoms with Gasteiger partial charge in [0.1, 0.15) is 19.3 Å². The van der Waals surface area contributed by atoms with E-state index in [1.807, 2.05) is 33.3 Å². The number of phosphoric ester groups is 1. The molecule has 10 heteroatoms. The van der Waals surface area contributed by atoms with Crippen LogP contribution in [0.15, 0.2) is 72.9 Å². The van der Waals surface area contributed by atoms with Crippen molar-refractivity contribution in [3.63, 3.8) is 0 Å². The van der Waals surface area contributed by atoms with Gasteiger partial charge in [-0.15, -0.1) is 0 Å². The number of hydrogen-bond donors (Lipinski definition) is 1. The fourth-order valence-electron chi connectivity index (χ4n) is 8.05. The van der Waals surface area contributed by atoms with Crippen LogP contribution in [0.5, 0.6) is 0 Å². The Morgan fingerprint density at radius 2 is 0.901 bits per heavy atom. The largest absolute Gasteiger partial charge is 0.756 e. The van der Waals surface area contributed by atoms with Crippen molar-refractivity contribution in [2.75, 3.05) is 40.9 Å². The van der Waals surface area contributed by atoms with Crippen molar-refractivity contribution in [2.24, 2.45) is 0 Å². The van der Waals surface area contributed by atoms with Crippen LogP contribution in [0.3, 0.4) is 0 Å². The molecule has 0 aromatic carbocycles. The van der Waals surface area contributed by atoms with Gasteiger partial charge in [0.05, 0.1) is 33.8 Å². The monoisotopic (exact) mass is 1010 g/mol. The first-order chi connectivity index (χ1) is 34.4. The third-order valence-electron chi connectivity index (χ3n) is 12.6. The van der Waals surface area contributed by atoms with Gasteiger partial charge in [0.15, 0.2) is 0 Å². The Morgan fingerprint density at radius 1 is 0.507 bits per heavy atom. The molecular weight excluding hydrogens is 904 g/mol. The maximum Gasteiger partial charge on any atom is 0.306 e. The second-order valence-corrected chi connectivity index (χ2v) is 22.2. The summed E-state index contributed by atoms with van der Waals surface area (Å²) in [5.41, 5.74) is 0. The smallest absolute Gasteiger partial charge is 0.306 e. The lowest BCUT2D eigenvalue weighted by Gasteiger charge is -2.30. The number of phosphoric acid groups is 1. The van der Waals surface area contributed by atoms with E-state index in [1.54, 1.807) is 0 Å². The molecule has 0 aromatic rings. The summed E-state index contributed by atoms with van der Waals surface area (Å²) in [6.07, 6.45) is 64.3. The van der Waals surface area contributed by atoms with Gasteiger partial charge < -0.3 is 28.5 Å². The molecule has 1 amide bonds. The van der Waals surface area contributed by atoms with Crippen LogP contribution >= 0.6 is 7.82 Å². The van der Waals surface area contributed by atoms with Crippen LogP contribution in [0, 0.1) is 0 Å². The minimum absolute atomic E-state index is 0.0335. The summed E-state index contributed by atoms with van der Waals surface area (Å²) in [5.74, 6) is -0.598. The van der Waals surface area contributed by atoms with E-state index in [4.69, 9.17) is 13.8 Å². The van der Waals surface area contributed by atoms with E-state index in [2.05, 4.69) is 86.8 Å². The van der Waals surface area contributed by atoms with E-state index >= 15 is 0 Å². The van der Waals surface area contributed by atoms with Gasteiger partial charge in [0.2, 0.25) is 5.91 Å². The maximum absolute atomic E-state index is 13.5. The van der Waals surface area contributed by atoms with E-state index in [-0.39, 0.29) is 31.3 Å². The number of quaternary nitrogens is 1. The van der Waals surface area contributed by atoms with Crippen LogP contribution in [0.2, 0.25) is 0 Å². The Hall–Kier alpha value is -2.55. The minimum Gasteiger partial charge on any atom is -0.756 e. The summed E-state index contributed by atoms with van der Waals surface area (Å²) in [6.45, 7) is 6.76. The standard InChI is InChI=1S/C61H111N2O7P/c1-7-10-13-16-19-22-25-28-30-32-34-36-39-42-45-48-51-54-61(65)70-59(52-49-46-43-40-37-27-24-21-18-15-12-9-3)58(57-69-71(66,67)68-56-55-63(4,5)6)62-60(64)53-50-47-44-41-38-35-33-31-29-26-23-20-17-14-11-8-2/h19,22,28,30-31,33-36,38,49,52,58-59H,7-18,20-21,23-27,29,32,37,39-48,50-51,53-57H2,1-6H3,(H-,62,64,66,67)/b22-19-,30-28-,33-31+,36-34-,38-35+,52-49+. The van der Waals surface area contributed by atoms with E-state index in [9.17, 15) is 19.0 Å². The zero-order valence-corrected chi connectivity index (χ0v) is 47.8. The van der Waals surface area contributed by atoms with Gasteiger partial charge in [0, 0.05) is 12.8 Å². The molecule has 0 aliphatic rings. The quantitative estimate of drug-likeness (QED) is 0.0161. The molecule has 0 aromatic heterocycles. The second-order valence-electron chi connectivity index (χ2n) is 20.8. The molecule has 0 aliphatic heterocycles. The van der Waals surface area contributed by atoms with Crippen LogP contribution in [-0.4, -0.2) is 69.4 Å². The number of unbranched alkanes of at least 4 members (excludes halogenated alkanes) is 27. The fraction of sp³-hybridized carbons (Fsp3) is 0.770. The van der Waals surface area contributed by atoms with Crippen molar-refractivity contribution in [1.82, 2.24) is 5.32 Å². The summed E-state index contributed by atoms with van der Waals surface area (Å²) in [6, 6.07) is -0.913. The molecule has 412 valence electrons. The van der Waals surface area contributed by atoms with Crippen LogP contribution < -0.4 is 10.2 Å². The first-order valence-electron chi connectivity index (χ1n) is 29.3. The van der Waals surface area contributed by atoms with Gasteiger partial charge in [0.25, 0.3) is 7.82 Å². The molecule has 3 atom stereocenters. The zero-order chi connectivity index (χ0) is 52.2. The molecule has 0 rings (SSSR count). The highest BCUT2D eigenvalue weighted by molar-refractivity contribution is 7.45. The van der Waals surface area contributed by atoms with Gasteiger partial charge in [-0.2, -0.15) is 0 Å². The lowest BCUT2D eigenvalue weighted by molar-refractivity contribution is -0.870. The highest BCUT2D eigenvalue weighted by Crippen LogP contribution is 2.38. The van der Waals surface area contributed by atoms with Gasteiger partial charge in [-0.05, 0) is 96.0 Å². The van der Waals surface area contributed by atoms with Crippen molar-refractivity contribution >= 4 is 19.7 Å². The molecule has 71 heavy (non-hydrogen) atoms. The molecule has 0 spiro atoms. The molecule has 0 saturated carbocycles. The third-order valence-corrected chi connectivity index (χ3v) is 13.6. The molecule has 0 bridgehead atoms. The van der Waals surface area contributed by atoms with Gasteiger partial charge in [-0.3, -0.25) is 14.2 Å². The number of nitrogens with zero attached hydrogens (tertiary/aromatic N) is 1. The number of esters is 1. The Morgan fingerprint density at radius 3 is 1.41 bits per heavy atom. The number of rotatable bonds is 52. The lowest BCUT2D eigenvalue weighted by Crippen LogP contribution is -2.47. The number of hydrogen-bond acceptors (Lipinski definition) is 7. The van der Waals surface area contributed by atoms with Crippen LogP contribution in [-0.2, 0) is 27.9 Å². The highest BCUT2D eigenvalue weighted by atomic mass is 31.2. The predicted molar refractivity (Wildman–Crippen MR) is 302 cm³/mol. The molecule has 9 nitrogen and oxygen atoms in total. The summed E-state index contributed by atoms with van der Waals surface area (Å²) >= 11 is 0. The highest BCUT2D eigenvalue weighted by Gasteiger charge is 2.27. The first kappa shape index (κ1) is 68.5. The van der Waals surface area contributed by atoms with E-state index in [1.165, 1.54) is 122 Å². The Bertz CT molecular complexity index is 1450. The number of likely N-dealkylation sites (N-methyl/N-ethyl adjacent to an activating group) is 1. The summed E-state index contributed by atoms with van der Waals surface area (Å²) in [5, 5.41) is 3.00. The van der Waals surface area contributed by atoms with E-state index < -0.39 is 26.6 Å². The van der Waals surface area contributed by atoms with E-state index in [0.29, 0.717) is 23.9 Å². The summed E-state index contributed by atoms with van der Waals surface area (Å²) in [4.78, 5) is 39.9. The maximum atomic E-state index is 13.5. The Balaban J connectivity index is 5.43. The average Bonchev–Trinajstić information content (AvgIpc) is 3.33. The van der Waals surface area contributed by atoms with Crippen LogP contribution in [0.4, 0.5) is 0 Å². The van der Waals surface area contributed by atoms with Crippen LogP contribution in [0.25, 0.3) is 0 Å². The molecule has 0 saturated heterocycles. The Labute approximate surface area is 438 Å². The van der Waals surface area contributed by atoms with E-state index in [0.717, 1.165) is 83.5 Å². The number of nitrogens with one attached hydrogen (secondary N) is 1. The van der Waals surface area contributed by atoms with Crippen molar-refractivity contribution in [3.8, 4) is 0 Å². The van der Waals surface area contributed by atoms with Crippen molar-refractivity contribution in [3.05, 3.63) is 72.9 Å². The van der Waals surface area contributed by atoms with Crippen molar-refractivity contribution < 1.29 is 37.3 Å². The van der Waals surface area contributed by atoms with Gasteiger partial charge >= 0.3 is 5.97 Å². The summed E-state index contributed by atoms with van der Waals surface area (Å²) < 4.78 is 30.2. The minimum atomic E-state index is -4.71. The number of ether oxygens (including phenoxy) is 1. The number of carbonyl (C=O) groups excluding carboxylic acids is 2. The summed E-state index contributed by atoms with van der Waals surface area (Å²) in [7, 11) is 1.15. The fourth-order valence-corrected chi connectivity index (χ4v) is 8.77. The lowest BCUT2D eigenvalue weighted by atomic mass is 10.1. The molecule has 3 unspecified atom stereocenters. The molecule has 0 fully saturated rings. The number of amides is 1. The van der Waals surface area contributed by atoms with Crippen LogP contribution in [0.1, 0.15) is 252 Å². The van der Waals surface area contributed by atoms with Gasteiger partial charge in [-0.1, -0.05) is 216 Å². The first-order valence-corrected chi connectivity index (χ1v) is 30.7. The molecule has 0 heterocycles. The average molecular weight is 1020 g/mol. The predicted octanol–water partition coefficient (Wildman–Crippen LogP) is 17.0. The molecule has 1 N–H and O–H groups in total.